The largest absolute Gasteiger partial charge is 0.492 e. The highest BCUT2D eigenvalue weighted by Crippen LogP contribution is 2.26. The first kappa shape index (κ1) is 24.7. The van der Waals surface area contributed by atoms with Crippen molar-refractivity contribution in [3.05, 3.63) is 93.7 Å². The summed E-state index contributed by atoms with van der Waals surface area (Å²) in [4.78, 5) is 12.4. The molecule has 3 aromatic rings. The fraction of sp³-hybridized carbons (Fsp3) is 0.208. The van der Waals surface area contributed by atoms with Crippen LogP contribution in [0.1, 0.15) is 21.5 Å². The van der Waals surface area contributed by atoms with Crippen molar-refractivity contribution in [1.29, 1.82) is 0 Å². The maximum absolute atomic E-state index is 12.9. The van der Waals surface area contributed by atoms with E-state index in [1.54, 1.807) is 36.4 Å². The summed E-state index contributed by atoms with van der Waals surface area (Å²) < 4.78 is 45.4. The molecule has 9 heteroatoms. The van der Waals surface area contributed by atoms with Crippen LogP contribution in [0.4, 0.5) is 10.1 Å². The van der Waals surface area contributed by atoms with Crippen molar-refractivity contribution in [2.45, 2.75) is 13.5 Å². The average molecular weight is 535 g/mol. The third kappa shape index (κ3) is 7.03. The fourth-order valence-electron chi connectivity index (χ4n) is 3.08. The van der Waals surface area contributed by atoms with Crippen molar-refractivity contribution in [3.63, 3.8) is 0 Å². The Bertz CT molecular complexity index is 1220. The number of aryl methyl sites for hydroxylation is 1. The number of carbonyl (C=O) groups excluding carboxylic acids is 1. The number of amides is 1. The fourth-order valence-corrected chi connectivity index (χ4v) is 4.20. The monoisotopic (exact) mass is 534 g/mol. The Hall–Kier alpha value is -2.91. The number of nitrogens with zero attached hydrogens (tertiary/aromatic N) is 1. The lowest BCUT2D eigenvalue weighted by Crippen LogP contribution is -2.29. The van der Waals surface area contributed by atoms with E-state index in [1.807, 2.05) is 13.0 Å². The Labute approximate surface area is 201 Å². The van der Waals surface area contributed by atoms with Gasteiger partial charge in [-0.05, 0) is 72.6 Å². The number of sulfonamides is 1. The molecule has 0 aromatic heterocycles. The zero-order valence-corrected chi connectivity index (χ0v) is 20.6. The smallest absolute Gasteiger partial charge is 0.251 e. The number of rotatable bonds is 9. The SMILES string of the molecule is Cc1cc(N(Cc2ccc(C(=O)NCCOc3ccc(F)cc3)cc2)S(C)(=O)=O)ccc1Br. The second-order valence-corrected chi connectivity index (χ2v) is 10.2. The summed E-state index contributed by atoms with van der Waals surface area (Å²) in [5.41, 5.74) is 2.70. The van der Waals surface area contributed by atoms with Crippen LogP contribution in [-0.2, 0) is 16.6 Å². The molecule has 0 saturated carbocycles. The van der Waals surface area contributed by atoms with Crippen molar-refractivity contribution in [2.75, 3.05) is 23.7 Å². The van der Waals surface area contributed by atoms with Crippen LogP contribution in [0, 0.1) is 12.7 Å². The molecule has 0 radical (unpaired) electrons. The predicted molar refractivity (Wildman–Crippen MR) is 131 cm³/mol. The standard InChI is InChI=1S/C24H24BrFN2O4S/c1-17-15-21(9-12-23(17)25)28(33(2,30)31)16-18-3-5-19(6-4-18)24(29)27-13-14-32-22-10-7-20(26)8-11-22/h3-12,15H,13-14,16H2,1-2H3,(H,27,29). The lowest BCUT2D eigenvalue weighted by molar-refractivity contribution is 0.0947. The van der Waals surface area contributed by atoms with Gasteiger partial charge in [-0.3, -0.25) is 9.10 Å². The zero-order chi connectivity index (χ0) is 24.0. The highest BCUT2D eigenvalue weighted by atomic mass is 79.9. The highest BCUT2D eigenvalue weighted by molar-refractivity contribution is 9.10. The second-order valence-electron chi connectivity index (χ2n) is 7.46. The summed E-state index contributed by atoms with van der Waals surface area (Å²) in [5, 5.41) is 2.75. The van der Waals surface area contributed by atoms with Crippen LogP contribution in [-0.4, -0.2) is 33.7 Å². The quantitative estimate of drug-likeness (QED) is 0.404. The van der Waals surface area contributed by atoms with Gasteiger partial charge in [-0.2, -0.15) is 0 Å². The third-order valence-corrected chi connectivity index (χ3v) is 6.87. The molecule has 0 aliphatic carbocycles. The summed E-state index contributed by atoms with van der Waals surface area (Å²) in [6.45, 7) is 2.56. The third-order valence-electron chi connectivity index (χ3n) is 4.84. The van der Waals surface area contributed by atoms with E-state index in [4.69, 9.17) is 4.74 Å². The molecule has 0 aliphatic rings. The molecule has 3 aromatic carbocycles. The molecule has 33 heavy (non-hydrogen) atoms. The van der Waals surface area contributed by atoms with Gasteiger partial charge in [0.1, 0.15) is 18.2 Å². The van der Waals surface area contributed by atoms with Crippen LogP contribution in [0.2, 0.25) is 0 Å². The Balaban J connectivity index is 1.59. The summed E-state index contributed by atoms with van der Waals surface area (Å²) >= 11 is 3.43. The van der Waals surface area contributed by atoms with Crippen molar-refractivity contribution in [1.82, 2.24) is 5.32 Å². The molecule has 0 bridgehead atoms. The van der Waals surface area contributed by atoms with Gasteiger partial charge in [0, 0.05) is 10.0 Å². The first-order chi connectivity index (χ1) is 15.6. The van der Waals surface area contributed by atoms with Crippen LogP contribution in [0.3, 0.4) is 0 Å². The highest BCUT2D eigenvalue weighted by Gasteiger charge is 2.19. The van der Waals surface area contributed by atoms with Crippen LogP contribution in [0.15, 0.2) is 71.2 Å². The predicted octanol–water partition coefficient (Wildman–Crippen LogP) is 4.67. The summed E-state index contributed by atoms with van der Waals surface area (Å²) in [5.74, 6) is -0.0927. The van der Waals surface area contributed by atoms with Gasteiger partial charge >= 0.3 is 0 Å². The van der Waals surface area contributed by atoms with Crippen molar-refractivity contribution < 1.29 is 22.3 Å². The van der Waals surface area contributed by atoms with E-state index in [-0.39, 0.29) is 31.4 Å². The second kappa shape index (κ2) is 10.8. The van der Waals surface area contributed by atoms with Crippen LogP contribution >= 0.6 is 15.9 Å². The molecule has 1 N–H and O–H groups in total. The zero-order valence-electron chi connectivity index (χ0n) is 18.2. The maximum Gasteiger partial charge on any atom is 0.251 e. The van der Waals surface area contributed by atoms with Crippen molar-refractivity contribution in [3.8, 4) is 5.75 Å². The van der Waals surface area contributed by atoms with E-state index < -0.39 is 10.0 Å². The molecule has 174 valence electrons. The van der Waals surface area contributed by atoms with Gasteiger partial charge in [0.05, 0.1) is 25.0 Å². The van der Waals surface area contributed by atoms with Crippen LogP contribution in [0.25, 0.3) is 0 Å². The molecular formula is C24H24BrFN2O4S. The molecule has 3 rings (SSSR count). The molecular weight excluding hydrogens is 511 g/mol. The van der Waals surface area contributed by atoms with E-state index in [0.29, 0.717) is 17.0 Å². The Morgan fingerprint density at radius 2 is 1.73 bits per heavy atom. The van der Waals surface area contributed by atoms with Gasteiger partial charge in [0.15, 0.2) is 0 Å². The van der Waals surface area contributed by atoms with Crippen molar-refractivity contribution >= 4 is 37.5 Å². The van der Waals surface area contributed by atoms with Gasteiger partial charge in [0.2, 0.25) is 10.0 Å². The molecule has 1 amide bonds. The molecule has 0 fully saturated rings. The first-order valence-electron chi connectivity index (χ1n) is 10.1. The molecule has 0 heterocycles. The van der Waals surface area contributed by atoms with Crippen LogP contribution in [0.5, 0.6) is 5.75 Å². The van der Waals surface area contributed by atoms with E-state index in [2.05, 4.69) is 21.2 Å². The normalized spacial score (nSPS) is 11.2. The first-order valence-corrected chi connectivity index (χ1v) is 12.8. The maximum atomic E-state index is 12.9. The number of nitrogens with one attached hydrogen (secondary N) is 1. The minimum Gasteiger partial charge on any atom is -0.492 e. The van der Waals surface area contributed by atoms with Gasteiger partial charge in [-0.15, -0.1) is 0 Å². The molecule has 6 nitrogen and oxygen atoms in total. The number of carbonyl (C=O) groups is 1. The summed E-state index contributed by atoms with van der Waals surface area (Å²) in [6.07, 6.45) is 1.17. The number of benzene rings is 3. The molecule has 0 atom stereocenters. The molecule has 0 saturated heterocycles. The van der Waals surface area contributed by atoms with Gasteiger partial charge in [-0.1, -0.05) is 28.1 Å². The van der Waals surface area contributed by atoms with Gasteiger partial charge in [0.25, 0.3) is 5.91 Å². The Morgan fingerprint density at radius 1 is 1.06 bits per heavy atom. The summed E-state index contributed by atoms with van der Waals surface area (Å²) in [7, 11) is -3.51. The minimum absolute atomic E-state index is 0.146. The molecule has 0 spiro atoms. The van der Waals surface area contributed by atoms with E-state index in [0.717, 1.165) is 15.6 Å². The minimum atomic E-state index is -3.51. The topological polar surface area (TPSA) is 75.7 Å². The van der Waals surface area contributed by atoms with E-state index in [1.165, 1.54) is 34.8 Å². The lowest BCUT2D eigenvalue weighted by atomic mass is 10.1. The number of hydrogen-bond donors (Lipinski definition) is 1. The summed E-state index contributed by atoms with van der Waals surface area (Å²) in [6, 6.07) is 17.8. The van der Waals surface area contributed by atoms with Gasteiger partial charge < -0.3 is 10.1 Å². The van der Waals surface area contributed by atoms with E-state index in [9.17, 15) is 17.6 Å². The Kier molecular flexibility index (Phi) is 8.10. The molecule has 0 unspecified atom stereocenters. The van der Waals surface area contributed by atoms with E-state index >= 15 is 0 Å². The number of hydrogen-bond acceptors (Lipinski definition) is 4. The molecule has 0 aliphatic heterocycles. The number of ether oxygens (including phenoxy) is 1. The average Bonchev–Trinajstić information content (AvgIpc) is 2.78. The number of anilines is 1. The van der Waals surface area contributed by atoms with Gasteiger partial charge in [-0.25, -0.2) is 12.8 Å². The Morgan fingerprint density at radius 3 is 2.33 bits per heavy atom. The van der Waals surface area contributed by atoms with Crippen molar-refractivity contribution in [2.24, 2.45) is 0 Å². The van der Waals surface area contributed by atoms with Crippen LogP contribution < -0.4 is 14.4 Å². The number of halogens is 2. The lowest BCUT2D eigenvalue weighted by Gasteiger charge is -2.23.